The van der Waals surface area contributed by atoms with Crippen molar-refractivity contribution in [2.24, 2.45) is 5.92 Å². The second-order valence-electron chi connectivity index (χ2n) is 4.39. The molecule has 1 aromatic heterocycles. The molecule has 2 atom stereocenters. The van der Waals surface area contributed by atoms with Crippen LogP contribution < -0.4 is 5.32 Å². The number of pyridine rings is 1. The Morgan fingerprint density at radius 1 is 1.50 bits per heavy atom. The standard InChI is InChI=1S/C12H19BrN2O/c1-8(4-10(3)16)6-14-12-9(2)5-11(13)7-15-12/h5,7-8,10,16H,4,6H2,1-3H3,(H,14,15). The number of halogens is 1. The van der Waals surface area contributed by atoms with Crippen LogP contribution in [0.4, 0.5) is 5.82 Å². The van der Waals surface area contributed by atoms with Gasteiger partial charge in [0, 0.05) is 17.2 Å². The molecule has 0 saturated heterocycles. The highest BCUT2D eigenvalue weighted by Crippen LogP contribution is 2.17. The van der Waals surface area contributed by atoms with Crippen LogP contribution in [0.1, 0.15) is 25.8 Å². The third-order valence-corrected chi connectivity index (χ3v) is 2.84. The van der Waals surface area contributed by atoms with E-state index in [1.807, 2.05) is 19.9 Å². The number of nitrogens with zero attached hydrogens (tertiary/aromatic N) is 1. The summed E-state index contributed by atoms with van der Waals surface area (Å²) in [5, 5.41) is 12.6. The van der Waals surface area contributed by atoms with E-state index in [1.165, 1.54) is 0 Å². The quantitative estimate of drug-likeness (QED) is 0.875. The van der Waals surface area contributed by atoms with Crippen molar-refractivity contribution in [1.82, 2.24) is 4.98 Å². The fourth-order valence-electron chi connectivity index (χ4n) is 1.66. The summed E-state index contributed by atoms with van der Waals surface area (Å²) in [6.07, 6.45) is 2.35. The summed E-state index contributed by atoms with van der Waals surface area (Å²) < 4.78 is 0.993. The van der Waals surface area contributed by atoms with Gasteiger partial charge in [-0.2, -0.15) is 0 Å². The highest BCUT2D eigenvalue weighted by molar-refractivity contribution is 9.10. The van der Waals surface area contributed by atoms with E-state index in [4.69, 9.17) is 0 Å². The number of anilines is 1. The third kappa shape index (κ3) is 4.49. The Labute approximate surface area is 105 Å². The predicted octanol–water partition coefficient (Wildman–Crippen LogP) is 2.97. The zero-order valence-corrected chi connectivity index (χ0v) is 11.6. The van der Waals surface area contributed by atoms with Crippen LogP contribution in [-0.2, 0) is 0 Å². The van der Waals surface area contributed by atoms with Crippen LogP contribution in [0.25, 0.3) is 0 Å². The van der Waals surface area contributed by atoms with Gasteiger partial charge in [0.15, 0.2) is 0 Å². The molecular formula is C12H19BrN2O. The number of rotatable bonds is 5. The lowest BCUT2D eigenvalue weighted by Gasteiger charge is -2.15. The first-order chi connectivity index (χ1) is 7.49. The number of aryl methyl sites for hydroxylation is 1. The second-order valence-corrected chi connectivity index (χ2v) is 5.31. The molecule has 0 spiro atoms. The minimum Gasteiger partial charge on any atom is -0.393 e. The van der Waals surface area contributed by atoms with Gasteiger partial charge in [-0.3, -0.25) is 0 Å². The van der Waals surface area contributed by atoms with Crippen molar-refractivity contribution in [1.29, 1.82) is 0 Å². The summed E-state index contributed by atoms with van der Waals surface area (Å²) in [4.78, 5) is 4.31. The summed E-state index contributed by atoms with van der Waals surface area (Å²) in [6, 6.07) is 2.04. The first kappa shape index (κ1) is 13.5. The van der Waals surface area contributed by atoms with E-state index >= 15 is 0 Å². The molecule has 0 fully saturated rings. The maximum atomic E-state index is 9.26. The summed E-state index contributed by atoms with van der Waals surface area (Å²) in [5.74, 6) is 1.35. The Bertz CT molecular complexity index is 342. The number of hydrogen-bond donors (Lipinski definition) is 2. The van der Waals surface area contributed by atoms with Gasteiger partial charge < -0.3 is 10.4 Å². The Hall–Kier alpha value is -0.610. The molecule has 0 aliphatic rings. The molecule has 0 bridgehead atoms. The lowest BCUT2D eigenvalue weighted by molar-refractivity contribution is 0.166. The molecule has 1 heterocycles. The molecule has 0 amide bonds. The van der Waals surface area contributed by atoms with Crippen molar-refractivity contribution < 1.29 is 5.11 Å². The molecule has 16 heavy (non-hydrogen) atoms. The van der Waals surface area contributed by atoms with Gasteiger partial charge in [0.25, 0.3) is 0 Å². The van der Waals surface area contributed by atoms with E-state index in [0.717, 1.165) is 28.8 Å². The monoisotopic (exact) mass is 286 g/mol. The van der Waals surface area contributed by atoms with Crippen LogP contribution in [0.15, 0.2) is 16.7 Å². The topological polar surface area (TPSA) is 45.2 Å². The SMILES string of the molecule is Cc1cc(Br)cnc1NCC(C)CC(C)O. The molecule has 0 saturated carbocycles. The van der Waals surface area contributed by atoms with Crippen LogP contribution in [-0.4, -0.2) is 22.7 Å². The fourth-order valence-corrected chi connectivity index (χ4v) is 2.11. The molecule has 0 aliphatic carbocycles. The van der Waals surface area contributed by atoms with Crippen molar-refractivity contribution in [2.75, 3.05) is 11.9 Å². The Balaban J connectivity index is 2.48. The van der Waals surface area contributed by atoms with Crippen molar-refractivity contribution in [3.63, 3.8) is 0 Å². The zero-order valence-electron chi connectivity index (χ0n) is 10.00. The normalized spacial score (nSPS) is 14.6. The molecule has 2 N–H and O–H groups in total. The summed E-state index contributed by atoms with van der Waals surface area (Å²) in [5.41, 5.74) is 1.12. The molecule has 4 heteroatoms. The summed E-state index contributed by atoms with van der Waals surface area (Å²) in [7, 11) is 0. The van der Waals surface area contributed by atoms with E-state index in [9.17, 15) is 5.11 Å². The van der Waals surface area contributed by atoms with Gasteiger partial charge in [-0.25, -0.2) is 4.98 Å². The number of aromatic nitrogens is 1. The molecule has 0 radical (unpaired) electrons. The zero-order chi connectivity index (χ0) is 12.1. The van der Waals surface area contributed by atoms with E-state index in [0.29, 0.717) is 5.92 Å². The maximum absolute atomic E-state index is 9.26. The van der Waals surface area contributed by atoms with Crippen molar-refractivity contribution in [2.45, 2.75) is 33.3 Å². The van der Waals surface area contributed by atoms with Gasteiger partial charge in [0.05, 0.1) is 6.10 Å². The smallest absolute Gasteiger partial charge is 0.128 e. The number of aliphatic hydroxyl groups excluding tert-OH is 1. The number of nitrogens with one attached hydrogen (secondary N) is 1. The molecule has 0 aromatic carbocycles. The summed E-state index contributed by atoms with van der Waals surface area (Å²) in [6.45, 7) is 6.80. The number of hydrogen-bond acceptors (Lipinski definition) is 3. The van der Waals surface area contributed by atoms with Gasteiger partial charge in [-0.1, -0.05) is 6.92 Å². The minimum absolute atomic E-state index is 0.240. The van der Waals surface area contributed by atoms with Crippen molar-refractivity contribution in [3.8, 4) is 0 Å². The van der Waals surface area contributed by atoms with Crippen molar-refractivity contribution in [3.05, 3.63) is 22.3 Å². The molecule has 3 nitrogen and oxygen atoms in total. The average Bonchev–Trinajstić information content (AvgIpc) is 2.15. The van der Waals surface area contributed by atoms with Gasteiger partial charge in [0.1, 0.15) is 5.82 Å². The lowest BCUT2D eigenvalue weighted by Crippen LogP contribution is -2.17. The third-order valence-electron chi connectivity index (χ3n) is 2.41. The van der Waals surface area contributed by atoms with Gasteiger partial charge in [-0.05, 0) is 53.7 Å². The molecule has 1 rings (SSSR count). The van der Waals surface area contributed by atoms with Gasteiger partial charge in [-0.15, -0.1) is 0 Å². The lowest BCUT2D eigenvalue weighted by atomic mass is 10.0. The summed E-state index contributed by atoms with van der Waals surface area (Å²) >= 11 is 3.39. The van der Waals surface area contributed by atoms with E-state index in [1.54, 1.807) is 6.20 Å². The van der Waals surface area contributed by atoms with Crippen LogP contribution >= 0.6 is 15.9 Å². The molecule has 1 aromatic rings. The largest absolute Gasteiger partial charge is 0.393 e. The highest BCUT2D eigenvalue weighted by Gasteiger charge is 2.07. The molecular weight excluding hydrogens is 268 g/mol. The van der Waals surface area contributed by atoms with Crippen LogP contribution in [0.3, 0.4) is 0 Å². The first-order valence-corrected chi connectivity index (χ1v) is 6.32. The van der Waals surface area contributed by atoms with E-state index in [2.05, 4.69) is 33.2 Å². The van der Waals surface area contributed by atoms with E-state index in [-0.39, 0.29) is 6.10 Å². The van der Waals surface area contributed by atoms with Crippen LogP contribution in [0.2, 0.25) is 0 Å². The molecule has 90 valence electrons. The number of aliphatic hydroxyl groups is 1. The fraction of sp³-hybridized carbons (Fsp3) is 0.583. The molecule has 0 aliphatic heterocycles. The Kier molecular flexibility index (Phi) is 5.22. The van der Waals surface area contributed by atoms with Gasteiger partial charge >= 0.3 is 0 Å². The Morgan fingerprint density at radius 2 is 2.19 bits per heavy atom. The van der Waals surface area contributed by atoms with Crippen LogP contribution in [0.5, 0.6) is 0 Å². The second kappa shape index (κ2) is 6.21. The van der Waals surface area contributed by atoms with Gasteiger partial charge in [0.2, 0.25) is 0 Å². The highest BCUT2D eigenvalue weighted by atomic mass is 79.9. The minimum atomic E-state index is -0.240. The first-order valence-electron chi connectivity index (χ1n) is 5.53. The Morgan fingerprint density at radius 3 is 2.75 bits per heavy atom. The maximum Gasteiger partial charge on any atom is 0.128 e. The predicted molar refractivity (Wildman–Crippen MR) is 70.6 cm³/mol. The molecule has 2 unspecified atom stereocenters. The van der Waals surface area contributed by atoms with Crippen LogP contribution in [0, 0.1) is 12.8 Å². The average molecular weight is 287 g/mol. The van der Waals surface area contributed by atoms with E-state index < -0.39 is 0 Å². The van der Waals surface area contributed by atoms with Crippen molar-refractivity contribution >= 4 is 21.7 Å².